The van der Waals surface area contributed by atoms with Gasteiger partial charge in [0.25, 0.3) is 0 Å². The summed E-state index contributed by atoms with van der Waals surface area (Å²) in [6.45, 7) is 6.74. The molecular formula is C11H26O4P2S. The normalized spacial score (nSPS) is 16.9. The van der Waals surface area contributed by atoms with Gasteiger partial charge in [0, 0.05) is 5.66 Å². The third-order valence-corrected chi connectivity index (χ3v) is 6.85. The topological polar surface area (TPSA) is 52.6 Å². The van der Waals surface area contributed by atoms with Gasteiger partial charge in [-0.05, 0) is 25.4 Å². The Morgan fingerprint density at radius 3 is 2.17 bits per heavy atom. The summed E-state index contributed by atoms with van der Waals surface area (Å²) in [5.41, 5.74) is 0.905. The molecule has 0 saturated heterocycles. The summed E-state index contributed by atoms with van der Waals surface area (Å²) in [4.78, 5) is 0. The SMILES string of the molecule is CCCCCC(PC)C(COS(=O)(=O)OC)PC. The lowest BCUT2D eigenvalue weighted by Gasteiger charge is -2.24. The van der Waals surface area contributed by atoms with Crippen LogP contribution in [0.3, 0.4) is 0 Å². The monoisotopic (exact) mass is 316 g/mol. The van der Waals surface area contributed by atoms with E-state index in [0.717, 1.165) is 15.7 Å². The van der Waals surface area contributed by atoms with Crippen LogP contribution in [-0.2, 0) is 18.8 Å². The maximum atomic E-state index is 11.2. The first-order chi connectivity index (χ1) is 8.50. The van der Waals surface area contributed by atoms with E-state index in [0.29, 0.717) is 19.9 Å². The highest BCUT2D eigenvalue weighted by atomic mass is 32.3. The third kappa shape index (κ3) is 8.01. The summed E-state index contributed by atoms with van der Waals surface area (Å²) in [6, 6.07) is 0. The smallest absolute Gasteiger partial charge is 0.252 e. The molecule has 0 aliphatic carbocycles. The molecule has 0 aromatic rings. The van der Waals surface area contributed by atoms with Gasteiger partial charge in [0.2, 0.25) is 0 Å². The first-order valence-electron chi connectivity index (χ1n) is 6.30. The zero-order valence-corrected chi connectivity index (χ0v) is 14.5. The van der Waals surface area contributed by atoms with Gasteiger partial charge in [0.05, 0.1) is 13.7 Å². The van der Waals surface area contributed by atoms with E-state index < -0.39 is 10.4 Å². The van der Waals surface area contributed by atoms with Crippen molar-refractivity contribution in [3.05, 3.63) is 0 Å². The molecule has 4 nitrogen and oxygen atoms in total. The minimum atomic E-state index is -3.78. The standard InChI is InChI=1S/C11H26O4P2S/c1-5-6-7-8-10(16-3)11(17-4)9-15-18(12,13)14-2/h10-11,16-17H,5-9H2,1-4H3. The van der Waals surface area contributed by atoms with Crippen molar-refractivity contribution in [2.75, 3.05) is 27.0 Å². The highest BCUT2D eigenvalue weighted by Gasteiger charge is 2.21. The zero-order valence-electron chi connectivity index (χ0n) is 11.7. The van der Waals surface area contributed by atoms with E-state index in [-0.39, 0.29) is 6.61 Å². The van der Waals surface area contributed by atoms with E-state index in [9.17, 15) is 8.42 Å². The fraction of sp³-hybridized carbons (Fsp3) is 1.00. The second kappa shape index (κ2) is 10.5. The van der Waals surface area contributed by atoms with Crippen LogP contribution in [0.2, 0.25) is 0 Å². The Labute approximate surface area is 115 Å². The van der Waals surface area contributed by atoms with Gasteiger partial charge in [-0.2, -0.15) is 8.42 Å². The van der Waals surface area contributed by atoms with Crippen molar-refractivity contribution in [2.24, 2.45) is 0 Å². The van der Waals surface area contributed by atoms with Crippen molar-refractivity contribution in [1.29, 1.82) is 0 Å². The molecule has 0 rings (SSSR count). The molecule has 4 atom stereocenters. The Balaban J connectivity index is 4.26. The van der Waals surface area contributed by atoms with Crippen LogP contribution in [0.1, 0.15) is 32.6 Å². The van der Waals surface area contributed by atoms with Crippen molar-refractivity contribution in [3.63, 3.8) is 0 Å². The Hall–Kier alpha value is 0.730. The molecule has 0 fully saturated rings. The van der Waals surface area contributed by atoms with Gasteiger partial charge in [0.15, 0.2) is 0 Å². The molecule has 0 heterocycles. The van der Waals surface area contributed by atoms with Crippen LogP contribution < -0.4 is 0 Å². The lowest BCUT2D eigenvalue weighted by molar-refractivity contribution is 0.242. The molecule has 18 heavy (non-hydrogen) atoms. The average Bonchev–Trinajstić information content (AvgIpc) is 2.37. The first kappa shape index (κ1) is 18.7. The third-order valence-electron chi connectivity index (χ3n) is 2.94. The predicted octanol–water partition coefficient (Wildman–Crippen LogP) is 2.83. The second-order valence-corrected chi connectivity index (χ2v) is 8.17. The summed E-state index contributed by atoms with van der Waals surface area (Å²) in [6.07, 6.45) is 4.86. The quantitative estimate of drug-likeness (QED) is 0.434. The minimum Gasteiger partial charge on any atom is -0.252 e. The van der Waals surface area contributed by atoms with Crippen molar-refractivity contribution < 1.29 is 16.8 Å². The molecule has 0 amide bonds. The van der Waals surface area contributed by atoms with E-state index in [4.69, 9.17) is 4.18 Å². The Bertz CT molecular complexity index is 295. The van der Waals surface area contributed by atoms with Gasteiger partial charge < -0.3 is 0 Å². The molecule has 0 spiro atoms. The summed E-state index contributed by atoms with van der Waals surface area (Å²) in [7, 11) is -1.13. The van der Waals surface area contributed by atoms with Gasteiger partial charge >= 0.3 is 10.4 Å². The minimum absolute atomic E-state index is 0.253. The Morgan fingerprint density at radius 2 is 1.72 bits per heavy atom. The molecule has 0 saturated carbocycles. The van der Waals surface area contributed by atoms with Crippen molar-refractivity contribution in [3.8, 4) is 0 Å². The Kier molecular flexibility index (Phi) is 10.9. The lowest BCUT2D eigenvalue weighted by atomic mass is 10.1. The van der Waals surface area contributed by atoms with Gasteiger partial charge in [-0.3, -0.25) is 4.18 Å². The van der Waals surface area contributed by atoms with E-state index in [1.54, 1.807) is 0 Å². The number of hydrogen-bond acceptors (Lipinski definition) is 4. The van der Waals surface area contributed by atoms with Crippen LogP contribution in [0.25, 0.3) is 0 Å². The van der Waals surface area contributed by atoms with Crippen molar-refractivity contribution >= 4 is 27.6 Å². The van der Waals surface area contributed by atoms with E-state index in [1.165, 1.54) is 25.7 Å². The molecule has 0 radical (unpaired) electrons. The van der Waals surface area contributed by atoms with E-state index >= 15 is 0 Å². The summed E-state index contributed by atoms with van der Waals surface area (Å²) in [5.74, 6) is 0. The summed E-state index contributed by atoms with van der Waals surface area (Å²) < 4.78 is 31.5. The van der Waals surface area contributed by atoms with Crippen LogP contribution in [0.4, 0.5) is 0 Å². The van der Waals surface area contributed by atoms with E-state index in [2.05, 4.69) is 24.4 Å². The van der Waals surface area contributed by atoms with Crippen LogP contribution in [0.15, 0.2) is 0 Å². The molecule has 0 aliphatic rings. The maximum Gasteiger partial charge on any atom is 0.399 e. The van der Waals surface area contributed by atoms with Crippen molar-refractivity contribution in [2.45, 2.75) is 43.9 Å². The molecule has 110 valence electrons. The zero-order chi connectivity index (χ0) is 14.0. The lowest BCUT2D eigenvalue weighted by Crippen LogP contribution is -2.25. The largest absolute Gasteiger partial charge is 0.399 e. The fourth-order valence-electron chi connectivity index (χ4n) is 1.77. The number of hydrogen-bond donors (Lipinski definition) is 0. The molecule has 0 aliphatic heterocycles. The number of unbranched alkanes of at least 4 members (excludes halogenated alkanes) is 2. The highest BCUT2D eigenvalue weighted by Crippen LogP contribution is 2.33. The fourth-order valence-corrected chi connectivity index (χ4v) is 5.11. The van der Waals surface area contributed by atoms with Gasteiger partial charge in [-0.15, -0.1) is 17.2 Å². The molecule has 0 N–H and O–H groups in total. The van der Waals surface area contributed by atoms with Crippen LogP contribution in [-0.4, -0.2) is 46.8 Å². The summed E-state index contributed by atoms with van der Waals surface area (Å²) in [5, 5.41) is 0. The Morgan fingerprint density at radius 1 is 1.11 bits per heavy atom. The van der Waals surface area contributed by atoms with Gasteiger partial charge in [0.1, 0.15) is 0 Å². The maximum absolute atomic E-state index is 11.2. The highest BCUT2D eigenvalue weighted by molar-refractivity contribution is 7.81. The summed E-state index contributed by atoms with van der Waals surface area (Å²) >= 11 is 0. The van der Waals surface area contributed by atoms with Crippen LogP contribution >= 0.6 is 17.2 Å². The van der Waals surface area contributed by atoms with Crippen molar-refractivity contribution in [1.82, 2.24) is 0 Å². The second-order valence-electron chi connectivity index (χ2n) is 4.15. The first-order valence-corrected chi connectivity index (χ1v) is 10.8. The number of rotatable bonds is 11. The predicted molar refractivity (Wildman–Crippen MR) is 82.1 cm³/mol. The van der Waals surface area contributed by atoms with Crippen LogP contribution in [0, 0.1) is 0 Å². The van der Waals surface area contributed by atoms with Gasteiger partial charge in [-0.25, -0.2) is 4.18 Å². The van der Waals surface area contributed by atoms with E-state index in [1.807, 2.05) is 0 Å². The molecule has 0 aromatic carbocycles. The average molecular weight is 316 g/mol. The van der Waals surface area contributed by atoms with Gasteiger partial charge in [-0.1, -0.05) is 26.2 Å². The molecule has 7 heteroatoms. The molecule has 0 aromatic heterocycles. The molecular weight excluding hydrogens is 290 g/mol. The molecule has 0 bridgehead atoms. The van der Waals surface area contributed by atoms with Crippen LogP contribution in [0.5, 0.6) is 0 Å². The molecule has 4 unspecified atom stereocenters.